The average Bonchev–Trinajstić information content (AvgIpc) is 3.63. The number of aromatic amines is 1. The third-order valence-corrected chi connectivity index (χ3v) is 8.52. The Labute approximate surface area is 307 Å². The molecule has 1 aromatic heterocycles. The van der Waals surface area contributed by atoms with Crippen molar-refractivity contribution in [2.24, 2.45) is 5.73 Å². The standard InChI is InChI=1S/C35H50N10O8/c1-4-5-11-25(41-21(3)46)32(50)43-26-12-13-29(47)38-15-14-24(30(36)48)42-31(49)20(2)40-34(52)27(16-22-9-7-6-8-10-22)44-35(53)28(45-33(26)51)17-23-18-37-19-39-23/h6-10,18-20,24-28H,4-5,11-17H2,1-3H3,(H2,36,48)(H,37,39)(H,38,47)(H,40,52)(H,41,46)(H,42,49)(H,43,50)(H,44,53)(H,45,51)/t20-,24-,25-,26-,27+,28-/m0/s1. The number of primary amides is 1. The zero-order valence-electron chi connectivity index (χ0n) is 30.2. The van der Waals surface area contributed by atoms with Gasteiger partial charge in [-0.15, -0.1) is 0 Å². The SMILES string of the molecule is CCCC[C@H](NC(C)=O)C(=O)N[C@H]1CCC(=O)NCC[C@@H](C(N)=O)NC(=O)[C@H](C)NC(=O)[C@@H](Cc2ccccc2)NC(=O)[C@H](Cc2c[nH]cn2)NC1=O. The minimum atomic E-state index is -1.34. The number of hydrogen-bond donors (Lipinski definition) is 9. The van der Waals surface area contributed by atoms with Gasteiger partial charge in [-0.2, -0.15) is 0 Å². The third kappa shape index (κ3) is 14.0. The second-order valence-electron chi connectivity index (χ2n) is 12.9. The van der Waals surface area contributed by atoms with Crippen LogP contribution in [0.4, 0.5) is 0 Å². The largest absolute Gasteiger partial charge is 0.368 e. The van der Waals surface area contributed by atoms with Gasteiger partial charge in [-0.25, -0.2) is 4.98 Å². The van der Waals surface area contributed by atoms with E-state index in [9.17, 15) is 38.4 Å². The lowest BCUT2D eigenvalue weighted by atomic mass is 10.0. The Bertz CT molecular complexity index is 1590. The molecule has 2 heterocycles. The summed E-state index contributed by atoms with van der Waals surface area (Å²) in [4.78, 5) is 112. The van der Waals surface area contributed by atoms with E-state index in [1.165, 1.54) is 26.4 Å². The number of rotatable bonds is 11. The van der Waals surface area contributed by atoms with Gasteiger partial charge in [0.25, 0.3) is 0 Å². The van der Waals surface area contributed by atoms with E-state index in [-0.39, 0.29) is 38.6 Å². The molecule has 10 N–H and O–H groups in total. The molecule has 18 heteroatoms. The number of carbonyl (C=O) groups excluding carboxylic acids is 8. The molecule has 18 nitrogen and oxygen atoms in total. The molecule has 1 aromatic carbocycles. The molecule has 1 saturated heterocycles. The van der Waals surface area contributed by atoms with E-state index in [1.54, 1.807) is 30.3 Å². The summed E-state index contributed by atoms with van der Waals surface area (Å²) in [5, 5.41) is 18.2. The fourth-order valence-electron chi connectivity index (χ4n) is 5.57. The van der Waals surface area contributed by atoms with Gasteiger partial charge in [0.05, 0.1) is 12.0 Å². The van der Waals surface area contributed by atoms with Crippen molar-refractivity contribution in [1.29, 1.82) is 0 Å². The molecule has 6 atom stereocenters. The normalized spacial score (nSPS) is 22.9. The molecular weight excluding hydrogens is 688 g/mol. The smallest absolute Gasteiger partial charge is 0.243 e. The van der Waals surface area contributed by atoms with Crippen LogP contribution in [-0.4, -0.2) is 100 Å². The maximum atomic E-state index is 14.0. The van der Waals surface area contributed by atoms with Crippen LogP contribution in [0.2, 0.25) is 0 Å². The highest BCUT2D eigenvalue weighted by molar-refractivity contribution is 5.97. The number of aromatic nitrogens is 2. The first-order chi connectivity index (χ1) is 25.3. The van der Waals surface area contributed by atoms with Gasteiger partial charge in [-0.3, -0.25) is 38.4 Å². The van der Waals surface area contributed by atoms with Crippen LogP contribution in [0.3, 0.4) is 0 Å². The molecule has 1 aliphatic heterocycles. The second-order valence-corrected chi connectivity index (χ2v) is 12.9. The molecule has 0 saturated carbocycles. The van der Waals surface area contributed by atoms with Crippen LogP contribution in [0.15, 0.2) is 42.9 Å². The van der Waals surface area contributed by atoms with Crippen molar-refractivity contribution in [1.82, 2.24) is 47.2 Å². The number of hydrogen-bond acceptors (Lipinski definition) is 9. The van der Waals surface area contributed by atoms with E-state index in [1.807, 2.05) is 6.92 Å². The number of H-pyrrole nitrogens is 1. The van der Waals surface area contributed by atoms with Crippen LogP contribution in [0.5, 0.6) is 0 Å². The van der Waals surface area contributed by atoms with Gasteiger partial charge in [0, 0.05) is 38.9 Å². The van der Waals surface area contributed by atoms with Crippen LogP contribution < -0.4 is 43.0 Å². The number of benzene rings is 1. The van der Waals surface area contributed by atoms with Crippen LogP contribution >= 0.6 is 0 Å². The maximum absolute atomic E-state index is 14.0. The van der Waals surface area contributed by atoms with E-state index in [4.69, 9.17) is 5.73 Å². The number of imidazole rings is 1. The fraction of sp³-hybridized carbons (Fsp3) is 0.514. The summed E-state index contributed by atoms with van der Waals surface area (Å²) < 4.78 is 0. The van der Waals surface area contributed by atoms with Crippen LogP contribution in [-0.2, 0) is 51.2 Å². The van der Waals surface area contributed by atoms with Crippen molar-refractivity contribution in [3.05, 3.63) is 54.1 Å². The molecule has 1 aliphatic rings. The number of carbonyl (C=O) groups is 8. The number of amides is 8. The second kappa shape index (κ2) is 20.9. The van der Waals surface area contributed by atoms with Gasteiger partial charge in [-0.05, 0) is 31.7 Å². The average molecular weight is 739 g/mol. The van der Waals surface area contributed by atoms with Gasteiger partial charge in [-0.1, -0.05) is 50.1 Å². The van der Waals surface area contributed by atoms with Crippen LogP contribution in [0.1, 0.15) is 70.6 Å². The van der Waals surface area contributed by atoms with Crippen LogP contribution in [0, 0.1) is 0 Å². The van der Waals surface area contributed by atoms with Gasteiger partial charge in [0.2, 0.25) is 47.3 Å². The summed E-state index contributed by atoms with van der Waals surface area (Å²) >= 11 is 0. The van der Waals surface area contributed by atoms with Crippen LogP contribution in [0.25, 0.3) is 0 Å². The molecule has 0 spiro atoms. The van der Waals surface area contributed by atoms with E-state index in [0.29, 0.717) is 24.1 Å². The first-order valence-electron chi connectivity index (χ1n) is 17.6. The molecule has 0 unspecified atom stereocenters. The van der Waals surface area contributed by atoms with E-state index >= 15 is 0 Å². The zero-order valence-corrected chi connectivity index (χ0v) is 30.2. The lowest BCUT2D eigenvalue weighted by Crippen LogP contribution is -2.60. The molecule has 53 heavy (non-hydrogen) atoms. The summed E-state index contributed by atoms with van der Waals surface area (Å²) in [6, 6.07) is 1.57. The number of nitrogens with two attached hydrogens (primary N) is 1. The molecule has 0 aliphatic carbocycles. The highest BCUT2D eigenvalue weighted by Crippen LogP contribution is 2.09. The van der Waals surface area contributed by atoms with Crippen molar-refractivity contribution in [3.8, 4) is 0 Å². The lowest BCUT2D eigenvalue weighted by molar-refractivity contribution is -0.135. The van der Waals surface area contributed by atoms with Crippen molar-refractivity contribution in [2.45, 2.75) is 108 Å². The van der Waals surface area contributed by atoms with E-state index < -0.39 is 83.5 Å². The summed E-state index contributed by atoms with van der Waals surface area (Å²) in [5.41, 5.74) is 6.58. The van der Waals surface area contributed by atoms with Crippen molar-refractivity contribution in [3.63, 3.8) is 0 Å². The lowest BCUT2D eigenvalue weighted by Gasteiger charge is -2.27. The van der Waals surface area contributed by atoms with Gasteiger partial charge in [0.1, 0.15) is 36.3 Å². The van der Waals surface area contributed by atoms with Crippen molar-refractivity contribution < 1.29 is 38.4 Å². The van der Waals surface area contributed by atoms with Crippen molar-refractivity contribution >= 4 is 47.3 Å². The molecule has 0 bridgehead atoms. The van der Waals surface area contributed by atoms with E-state index in [0.717, 1.165) is 6.42 Å². The molecule has 2 aromatic rings. The van der Waals surface area contributed by atoms with Gasteiger partial charge in [0.15, 0.2) is 0 Å². The minimum Gasteiger partial charge on any atom is -0.368 e. The highest BCUT2D eigenvalue weighted by Gasteiger charge is 2.33. The zero-order chi connectivity index (χ0) is 38.9. The molecule has 288 valence electrons. The Morgan fingerprint density at radius 1 is 0.906 bits per heavy atom. The molecule has 0 radical (unpaired) electrons. The van der Waals surface area contributed by atoms with E-state index in [2.05, 4.69) is 47.2 Å². The topological polar surface area (TPSA) is 275 Å². The quantitative estimate of drug-likeness (QED) is 0.125. The number of nitrogens with zero attached hydrogens (tertiary/aromatic N) is 1. The number of unbranched alkanes of at least 4 members (excludes halogenated alkanes) is 1. The highest BCUT2D eigenvalue weighted by atomic mass is 16.2. The predicted molar refractivity (Wildman–Crippen MR) is 191 cm³/mol. The Morgan fingerprint density at radius 2 is 1.58 bits per heavy atom. The molecule has 1 fully saturated rings. The first-order valence-corrected chi connectivity index (χ1v) is 17.6. The van der Waals surface area contributed by atoms with Crippen molar-refractivity contribution in [2.75, 3.05) is 6.54 Å². The summed E-state index contributed by atoms with van der Waals surface area (Å²) in [7, 11) is 0. The summed E-state index contributed by atoms with van der Waals surface area (Å²) in [6.07, 6.45) is 3.87. The summed E-state index contributed by atoms with van der Waals surface area (Å²) in [6.45, 7) is 4.49. The Balaban J connectivity index is 2.00. The molecule has 8 amide bonds. The Hall–Kier alpha value is -5.81. The number of nitrogens with one attached hydrogen (secondary N) is 8. The predicted octanol–water partition coefficient (Wildman–Crippen LogP) is -1.88. The first kappa shape index (κ1) is 41.6. The fourth-order valence-corrected chi connectivity index (χ4v) is 5.57. The third-order valence-electron chi connectivity index (χ3n) is 8.52. The monoisotopic (exact) mass is 738 g/mol. The minimum absolute atomic E-state index is 0.00843. The van der Waals surface area contributed by atoms with Gasteiger partial charge < -0.3 is 47.9 Å². The Kier molecular flexibility index (Phi) is 16.4. The maximum Gasteiger partial charge on any atom is 0.243 e. The molecule has 3 rings (SSSR count). The summed E-state index contributed by atoms with van der Waals surface area (Å²) in [5.74, 6) is -5.55. The Morgan fingerprint density at radius 3 is 2.23 bits per heavy atom. The van der Waals surface area contributed by atoms with Gasteiger partial charge >= 0.3 is 0 Å². The molecular formula is C35H50N10O8.